The number of hydrogen-bond donors (Lipinski definition) is 2. The first-order valence-corrected chi connectivity index (χ1v) is 6.56. The molecule has 8 nitrogen and oxygen atoms in total. The summed E-state index contributed by atoms with van der Waals surface area (Å²) in [6.07, 6.45) is 1.89. The molecular weight excluding hydrogens is 274 g/mol. The molecule has 0 spiro atoms. The van der Waals surface area contributed by atoms with Crippen LogP contribution in [0.1, 0.15) is 35.6 Å². The van der Waals surface area contributed by atoms with Crippen molar-refractivity contribution in [2.75, 3.05) is 0 Å². The van der Waals surface area contributed by atoms with Crippen molar-refractivity contribution in [3.05, 3.63) is 39.6 Å². The number of hydrogen-bond acceptors (Lipinski definition) is 5. The molecule has 2 aromatic rings. The smallest absolute Gasteiger partial charge is 0.347 e. The summed E-state index contributed by atoms with van der Waals surface area (Å²) in [5, 5.41) is 15.7. The molecular formula is C13H17N5O3. The molecule has 0 saturated heterocycles. The Morgan fingerprint density at radius 3 is 2.76 bits per heavy atom. The van der Waals surface area contributed by atoms with E-state index in [1.54, 1.807) is 20.8 Å². The van der Waals surface area contributed by atoms with E-state index in [4.69, 9.17) is 0 Å². The number of aryl methyl sites for hydroxylation is 2. The van der Waals surface area contributed by atoms with Crippen LogP contribution in [0.15, 0.2) is 11.1 Å². The van der Waals surface area contributed by atoms with Crippen molar-refractivity contribution < 1.29 is 9.90 Å². The van der Waals surface area contributed by atoms with E-state index in [1.165, 1.54) is 10.9 Å². The van der Waals surface area contributed by atoms with Gasteiger partial charge in [-0.2, -0.15) is 10.1 Å². The first-order chi connectivity index (χ1) is 9.91. The third kappa shape index (κ3) is 2.99. The topological polar surface area (TPSA) is 114 Å². The van der Waals surface area contributed by atoms with Gasteiger partial charge in [-0.25, -0.2) is 9.78 Å². The highest BCUT2D eigenvalue weighted by atomic mass is 16.4. The monoisotopic (exact) mass is 291 g/mol. The number of aromatic nitrogens is 5. The molecule has 2 heterocycles. The summed E-state index contributed by atoms with van der Waals surface area (Å²) in [6, 6.07) is 0. The predicted octanol–water partition coefficient (Wildman–Crippen LogP) is 0.409. The van der Waals surface area contributed by atoms with E-state index in [0.717, 1.165) is 0 Å². The van der Waals surface area contributed by atoms with Crippen molar-refractivity contribution in [3.63, 3.8) is 0 Å². The minimum atomic E-state index is -0.941. The second kappa shape index (κ2) is 5.86. The van der Waals surface area contributed by atoms with Crippen LogP contribution in [0.4, 0.5) is 0 Å². The van der Waals surface area contributed by atoms with E-state index in [1.807, 2.05) is 0 Å². The van der Waals surface area contributed by atoms with Gasteiger partial charge < -0.3 is 5.11 Å². The molecule has 1 unspecified atom stereocenters. The van der Waals surface area contributed by atoms with Gasteiger partial charge >= 0.3 is 11.7 Å². The van der Waals surface area contributed by atoms with Crippen LogP contribution in [0.5, 0.6) is 0 Å². The molecule has 0 fully saturated rings. The number of H-pyrrole nitrogens is 1. The summed E-state index contributed by atoms with van der Waals surface area (Å²) in [5.41, 5.74) is 1.29. The number of rotatable bonds is 5. The maximum Gasteiger partial charge on any atom is 0.347 e. The van der Waals surface area contributed by atoms with Crippen molar-refractivity contribution in [2.45, 2.75) is 39.7 Å². The summed E-state index contributed by atoms with van der Waals surface area (Å²) < 4.78 is 1.48. The quantitative estimate of drug-likeness (QED) is 0.824. The highest BCUT2D eigenvalue weighted by molar-refractivity contribution is 5.76. The average molecular weight is 291 g/mol. The van der Waals surface area contributed by atoms with E-state index in [9.17, 15) is 14.7 Å². The largest absolute Gasteiger partial charge is 0.481 e. The molecule has 0 aliphatic rings. The minimum absolute atomic E-state index is 0.368. The Balaban J connectivity index is 2.39. The van der Waals surface area contributed by atoms with Crippen LogP contribution < -0.4 is 5.69 Å². The SMILES string of the molecule is Cc1nc(=O)n(CCc2ncn[nH]2)c(C)c1C(C)C(=O)O. The molecule has 2 N–H and O–H groups in total. The number of carboxylic acid groups (broad SMARTS) is 1. The Morgan fingerprint density at radius 1 is 1.48 bits per heavy atom. The number of aliphatic carboxylic acids is 1. The number of carbonyl (C=O) groups is 1. The lowest BCUT2D eigenvalue weighted by atomic mass is 9.98. The fraction of sp³-hybridized carbons (Fsp3) is 0.462. The molecule has 0 aromatic carbocycles. The zero-order valence-electron chi connectivity index (χ0n) is 12.1. The summed E-state index contributed by atoms with van der Waals surface area (Å²) in [5.74, 6) is -0.993. The van der Waals surface area contributed by atoms with E-state index in [0.29, 0.717) is 35.7 Å². The van der Waals surface area contributed by atoms with Gasteiger partial charge in [0.1, 0.15) is 12.2 Å². The van der Waals surface area contributed by atoms with Gasteiger partial charge in [-0.15, -0.1) is 0 Å². The highest BCUT2D eigenvalue weighted by Gasteiger charge is 2.22. The zero-order valence-corrected chi connectivity index (χ0v) is 12.1. The molecule has 21 heavy (non-hydrogen) atoms. The molecule has 2 rings (SSSR count). The van der Waals surface area contributed by atoms with Crippen molar-refractivity contribution in [3.8, 4) is 0 Å². The van der Waals surface area contributed by atoms with Crippen LogP contribution in [0.25, 0.3) is 0 Å². The van der Waals surface area contributed by atoms with Crippen molar-refractivity contribution in [1.29, 1.82) is 0 Å². The molecule has 112 valence electrons. The van der Waals surface area contributed by atoms with E-state index < -0.39 is 11.9 Å². The van der Waals surface area contributed by atoms with Gasteiger partial charge in [0.25, 0.3) is 0 Å². The maximum absolute atomic E-state index is 12.0. The summed E-state index contributed by atoms with van der Waals surface area (Å²) >= 11 is 0. The van der Waals surface area contributed by atoms with E-state index in [-0.39, 0.29) is 5.69 Å². The molecule has 8 heteroatoms. The van der Waals surface area contributed by atoms with Gasteiger partial charge in [0.2, 0.25) is 0 Å². The van der Waals surface area contributed by atoms with Crippen molar-refractivity contribution in [1.82, 2.24) is 24.7 Å². The van der Waals surface area contributed by atoms with Crippen molar-refractivity contribution >= 4 is 5.97 Å². The highest BCUT2D eigenvalue weighted by Crippen LogP contribution is 2.21. The standard InChI is InChI=1S/C13H17N5O3/c1-7(12(19)20)11-8(2)16-13(21)18(9(11)3)5-4-10-14-6-15-17-10/h6-7H,4-5H2,1-3H3,(H,19,20)(H,14,15,17). The number of carboxylic acids is 1. The number of nitrogens with one attached hydrogen (secondary N) is 1. The number of nitrogens with zero attached hydrogens (tertiary/aromatic N) is 4. The predicted molar refractivity (Wildman–Crippen MR) is 74.1 cm³/mol. The molecule has 0 saturated carbocycles. The molecule has 0 aliphatic heterocycles. The van der Waals surface area contributed by atoms with Gasteiger partial charge in [0.05, 0.1) is 5.92 Å². The normalized spacial score (nSPS) is 12.3. The molecule has 0 amide bonds. The fourth-order valence-corrected chi connectivity index (χ4v) is 2.40. The van der Waals surface area contributed by atoms with Crippen LogP contribution in [-0.2, 0) is 17.8 Å². The van der Waals surface area contributed by atoms with E-state index >= 15 is 0 Å². The molecule has 2 aromatic heterocycles. The van der Waals surface area contributed by atoms with Crippen LogP contribution >= 0.6 is 0 Å². The number of aromatic amines is 1. The Morgan fingerprint density at radius 2 is 2.19 bits per heavy atom. The lowest BCUT2D eigenvalue weighted by molar-refractivity contribution is -0.138. The molecule has 0 bridgehead atoms. The Labute approximate surface area is 120 Å². The first-order valence-electron chi connectivity index (χ1n) is 6.56. The summed E-state index contributed by atoms with van der Waals surface area (Å²) in [6.45, 7) is 5.35. The van der Waals surface area contributed by atoms with E-state index in [2.05, 4.69) is 20.2 Å². The molecule has 0 aliphatic carbocycles. The minimum Gasteiger partial charge on any atom is -0.481 e. The van der Waals surface area contributed by atoms with Crippen LogP contribution in [0.3, 0.4) is 0 Å². The maximum atomic E-state index is 12.0. The summed E-state index contributed by atoms with van der Waals surface area (Å²) in [4.78, 5) is 31.2. The summed E-state index contributed by atoms with van der Waals surface area (Å²) in [7, 11) is 0. The second-order valence-electron chi connectivity index (χ2n) is 4.87. The van der Waals surface area contributed by atoms with Gasteiger partial charge in [-0.1, -0.05) is 0 Å². The first kappa shape index (κ1) is 14.9. The Bertz CT molecular complexity index is 705. The van der Waals surface area contributed by atoms with Gasteiger partial charge in [0.15, 0.2) is 0 Å². The molecule has 1 atom stereocenters. The third-order valence-electron chi connectivity index (χ3n) is 3.52. The average Bonchev–Trinajstić information content (AvgIpc) is 2.90. The Kier molecular flexibility index (Phi) is 4.15. The Hall–Kier alpha value is -2.51. The lowest BCUT2D eigenvalue weighted by Gasteiger charge is -2.17. The second-order valence-corrected chi connectivity index (χ2v) is 4.87. The van der Waals surface area contributed by atoms with Crippen LogP contribution in [-0.4, -0.2) is 35.8 Å². The van der Waals surface area contributed by atoms with Gasteiger partial charge in [0, 0.05) is 29.9 Å². The van der Waals surface area contributed by atoms with Crippen LogP contribution in [0.2, 0.25) is 0 Å². The lowest BCUT2D eigenvalue weighted by Crippen LogP contribution is -2.30. The molecule has 0 radical (unpaired) electrons. The zero-order chi connectivity index (χ0) is 15.6. The fourth-order valence-electron chi connectivity index (χ4n) is 2.40. The van der Waals surface area contributed by atoms with Gasteiger partial charge in [-0.05, 0) is 20.8 Å². The van der Waals surface area contributed by atoms with Crippen molar-refractivity contribution in [2.24, 2.45) is 0 Å². The van der Waals surface area contributed by atoms with Crippen LogP contribution in [0, 0.1) is 13.8 Å². The van der Waals surface area contributed by atoms with Gasteiger partial charge in [-0.3, -0.25) is 14.5 Å². The third-order valence-corrected chi connectivity index (χ3v) is 3.52.